The zero-order valence-electron chi connectivity index (χ0n) is 20.1. The number of para-hydroxylation sites is 2. The Morgan fingerprint density at radius 3 is 2.42 bits per heavy atom. The normalized spacial score (nSPS) is 10.9. The molecule has 0 unspecified atom stereocenters. The van der Waals surface area contributed by atoms with Gasteiger partial charge in [0, 0.05) is 11.3 Å². The van der Waals surface area contributed by atoms with E-state index in [1.165, 1.54) is 11.8 Å². The van der Waals surface area contributed by atoms with Crippen molar-refractivity contribution in [2.75, 3.05) is 11.1 Å². The Hall–Kier alpha value is -4.16. The first-order valence-electron chi connectivity index (χ1n) is 11.7. The molecule has 5 nitrogen and oxygen atoms in total. The van der Waals surface area contributed by atoms with Crippen LogP contribution in [0.25, 0.3) is 27.7 Å². The van der Waals surface area contributed by atoms with E-state index in [-0.39, 0.29) is 17.2 Å². The van der Waals surface area contributed by atoms with Gasteiger partial charge in [0.15, 0.2) is 5.16 Å². The summed E-state index contributed by atoms with van der Waals surface area (Å²) >= 11 is 1.25. The van der Waals surface area contributed by atoms with Gasteiger partial charge >= 0.3 is 0 Å². The zero-order chi connectivity index (χ0) is 25.1. The molecule has 36 heavy (non-hydrogen) atoms. The molecule has 1 aromatic heterocycles. The molecule has 6 heteroatoms. The minimum Gasteiger partial charge on any atom is -0.325 e. The number of aryl methyl sites for hydroxylation is 1. The molecule has 0 atom stereocenters. The number of benzene rings is 4. The number of hydrogen-bond donors (Lipinski definition) is 1. The lowest BCUT2D eigenvalue weighted by Gasteiger charge is -2.16. The van der Waals surface area contributed by atoms with E-state index in [0.29, 0.717) is 16.1 Å². The second kappa shape index (κ2) is 10.2. The molecule has 5 rings (SSSR count). The average molecular weight is 492 g/mol. The lowest BCUT2D eigenvalue weighted by molar-refractivity contribution is -0.113. The summed E-state index contributed by atoms with van der Waals surface area (Å²) in [6.07, 6.45) is 0. The predicted octanol–water partition coefficient (Wildman–Crippen LogP) is 6.40. The van der Waals surface area contributed by atoms with E-state index < -0.39 is 0 Å². The topological polar surface area (TPSA) is 64.0 Å². The van der Waals surface area contributed by atoms with Crippen molar-refractivity contribution in [3.63, 3.8) is 0 Å². The minimum atomic E-state index is -0.168. The molecule has 0 fully saturated rings. The van der Waals surface area contributed by atoms with Gasteiger partial charge in [-0.2, -0.15) is 0 Å². The Kier molecular flexibility index (Phi) is 6.69. The zero-order valence-corrected chi connectivity index (χ0v) is 20.9. The molecular formula is C30H25N3O2S. The Balaban J connectivity index is 1.47. The van der Waals surface area contributed by atoms with Crippen LogP contribution in [0, 0.1) is 13.8 Å². The van der Waals surface area contributed by atoms with Crippen LogP contribution in [-0.4, -0.2) is 21.2 Å². The first kappa shape index (κ1) is 23.6. The van der Waals surface area contributed by atoms with Crippen molar-refractivity contribution >= 4 is 34.3 Å². The van der Waals surface area contributed by atoms with Crippen LogP contribution in [0.5, 0.6) is 0 Å². The van der Waals surface area contributed by atoms with Crippen LogP contribution >= 0.6 is 11.8 Å². The molecule has 1 heterocycles. The number of amides is 1. The summed E-state index contributed by atoms with van der Waals surface area (Å²) in [5.74, 6) is -0.0583. The lowest BCUT2D eigenvalue weighted by Crippen LogP contribution is -2.23. The molecule has 1 N–H and O–H groups in total. The van der Waals surface area contributed by atoms with Crippen molar-refractivity contribution < 1.29 is 4.79 Å². The highest BCUT2D eigenvalue weighted by Crippen LogP contribution is 2.29. The van der Waals surface area contributed by atoms with Gasteiger partial charge in [0.05, 0.1) is 22.3 Å². The highest BCUT2D eigenvalue weighted by molar-refractivity contribution is 7.99. The maximum atomic E-state index is 13.6. The van der Waals surface area contributed by atoms with E-state index in [1.54, 1.807) is 10.6 Å². The maximum Gasteiger partial charge on any atom is 0.266 e. The van der Waals surface area contributed by atoms with Crippen LogP contribution in [0.15, 0.2) is 107 Å². The summed E-state index contributed by atoms with van der Waals surface area (Å²) < 4.78 is 1.63. The smallest absolute Gasteiger partial charge is 0.266 e. The molecule has 0 aliphatic carbocycles. The fraction of sp³-hybridized carbons (Fsp3) is 0.100. The van der Waals surface area contributed by atoms with Gasteiger partial charge in [-0.1, -0.05) is 84.6 Å². The van der Waals surface area contributed by atoms with Gasteiger partial charge in [-0.05, 0) is 54.8 Å². The molecule has 0 aliphatic heterocycles. The average Bonchev–Trinajstić information content (AvgIpc) is 2.90. The van der Waals surface area contributed by atoms with Crippen LogP contribution in [0.1, 0.15) is 11.1 Å². The quantitative estimate of drug-likeness (QED) is 0.220. The Morgan fingerprint density at radius 1 is 0.861 bits per heavy atom. The van der Waals surface area contributed by atoms with E-state index in [2.05, 4.69) is 5.32 Å². The second-order valence-electron chi connectivity index (χ2n) is 8.52. The summed E-state index contributed by atoms with van der Waals surface area (Å²) in [5, 5.41) is 4.07. The number of rotatable bonds is 6. The number of aromatic nitrogens is 2. The fourth-order valence-corrected chi connectivity index (χ4v) is 4.98. The molecular weight excluding hydrogens is 466 g/mol. The van der Waals surface area contributed by atoms with E-state index >= 15 is 0 Å². The number of anilines is 1. The minimum absolute atomic E-state index is 0.110. The summed E-state index contributed by atoms with van der Waals surface area (Å²) in [4.78, 5) is 31.4. The van der Waals surface area contributed by atoms with Crippen LogP contribution in [-0.2, 0) is 4.79 Å². The van der Waals surface area contributed by atoms with Crippen molar-refractivity contribution in [1.29, 1.82) is 0 Å². The number of thioether (sulfide) groups is 1. The molecule has 1 amide bonds. The standard InChI is InChI=1S/C30H25N3O2S/c1-20-11-10-18-27(21(20)2)33-29(35)24-15-7-9-17-26(24)32-30(33)36-19-28(34)31-25-16-8-6-14-23(25)22-12-4-3-5-13-22/h3-18H,19H2,1-2H3,(H,31,34). The lowest BCUT2D eigenvalue weighted by atomic mass is 10.0. The van der Waals surface area contributed by atoms with Gasteiger partial charge in [0.2, 0.25) is 5.91 Å². The second-order valence-corrected chi connectivity index (χ2v) is 9.46. The fourth-order valence-electron chi connectivity index (χ4n) is 4.18. The molecule has 178 valence electrons. The van der Waals surface area contributed by atoms with Crippen molar-refractivity contribution in [2.24, 2.45) is 0 Å². The molecule has 0 radical (unpaired) electrons. The van der Waals surface area contributed by atoms with Crippen molar-refractivity contribution in [1.82, 2.24) is 9.55 Å². The number of fused-ring (bicyclic) bond motifs is 1. The third kappa shape index (κ3) is 4.68. The predicted molar refractivity (Wildman–Crippen MR) is 148 cm³/mol. The summed E-state index contributed by atoms with van der Waals surface area (Å²) in [7, 11) is 0. The van der Waals surface area contributed by atoms with Gasteiger partial charge in [0.1, 0.15) is 0 Å². The molecule has 0 aliphatic rings. The molecule has 0 bridgehead atoms. The number of hydrogen-bond acceptors (Lipinski definition) is 4. The summed E-state index contributed by atoms with van der Waals surface area (Å²) in [6.45, 7) is 4.01. The van der Waals surface area contributed by atoms with Gasteiger partial charge < -0.3 is 5.32 Å². The number of carbonyl (C=O) groups is 1. The number of nitrogens with one attached hydrogen (secondary N) is 1. The SMILES string of the molecule is Cc1cccc(-n2c(SCC(=O)Nc3ccccc3-c3ccccc3)nc3ccccc3c2=O)c1C. The van der Waals surface area contributed by atoms with Crippen LogP contribution < -0.4 is 10.9 Å². The molecule has 4 aromatic carbocycles. The van der Waals surface area contributed by atoms with Gasteiger partial charge in [-0.15, -0.1) is 0 Å². The highest BCUT2D eigenvalue weighted by atomic mass is 32.2. The summed E-state index contributed by atoms with van der Waals surface area (Å²) in [5.41, 5.74) is 6.04. The third-order valence-corrected chi connectivity index (χ3v) is 7.12. The monoisotopic (exact) mass is 491 g/mol. The molecule has 5 aromatic rings. The first-order chi connectivity index (χ1) is 17.5. The maximum absolute atomic E-state index is 13.6. The highest BCUT2D eigenvalue weighted by Gasteiger charge is 2.17. The van der Waals surface area contributed by atoms with Crippen molar-refractivity contribution in [3.05, 3.63) is 119 Å². The molecule has 0 spiro atoms. The van der Waals surface area contributed by atoms with Crippen molar-refractivity contribution in [3.8, 4) is 16.8 Å². The Morgan fingerprint density at radius 2 is 1.58 bits per heavy atom. The largest absolute Gasteiger partial charge is 0.325 e. The first-order valence-corrected chi connectivity index (χ1v) is 12.7. The van der Waals surface area contributed by atoms with Gasteiger partial charge in [-0.25, -0.2) is 4.98 Å². The Labute approximate surface area is 213 Å². The molecule has 0 saturated heterocycles. The number of carbonyl (C=O) groups excluding carboxylic acids is 1. The van der Waals surface area contributed by atoms with Crippen LogP contribution in [0.2, 0.25) is 0 Å². The van der Waals surface area contributed by atoms with Crippen LogP contribution in [0.4, 0.5) is 5.69 Å². The third-order valence-electron chi connectivity index (χ3n) is 6.18. The summed E-state index contributed by atoms with van der Waals surface area (Å²) in [6, 6.07) is 30.9. The molecule has 0 saturated carbocycles. The van der Waals surface area contributed by atoms with E-state index in [9.17, 15) is 9.59 Å². The van der Waals surface area contributed by atoms with Crippen LogP contribution in [0.3, 0.4) is 0 Å². The van der Waals surface area contributed by atoms with E-state index in [1.807, 2.05) is 105 Å². The van der Waals surface area contributed by atoms with Gasteiger partial charge in [-0.3, -0.25) is 14.2 Å². The number of nitrogens with zero attached hydrogens (tertiary/aromatic N) is 2. The van der Waals surface area contributed by atoms with Crippen molar-refractivity contribution in [2.45, 2.75) is 19.0 Å². The Bertz CT molecular complexity index is 1630. The van der Waals surface area contributed by atoms with E-state index in [0.717, 1.165) is 33.6 Å². The van der Waals surface area contributed by atoms with E-state index in [4.69, 9.17) is 4.98 Å². The van der Waals surface area contributed by atoms with Gasteiger partial charge in [0.25, 0.3) is 5.56 Å².